The van der Waals surface area contributed by atoms with Crippen LogP contribution in [0.4, 0.5) is 0 Å². The minimum absolute atomic E-state index is 0.192. The number of thiophene rings is 4. The van der Waals surface area contributed by atoms with Gasteiger partial charge in [0.2, 0.25) is 0 Å². The van der Waals surface area contributed by atoms with Crippen LogP contribution in [0.15, 0.2) is 70.1 Å². The van der Waals surface area contributed by atoms with E-state index in [2.05, 4.69) is 41.1 Å². The Hall–Kier alpha value is -2.52. The number of fused-ring (bicyclic) bond motifs is 2. The molecule has 37 heavy (non-hydrogen) atoms. The molecule has 0 saturated heterocycles. The van der Waals surface area contributed by atoms with Gasteiger partial charge in [0, 0.05) is 31.3 Å². The quantitative estimate of drug-likeness (QED) is 0.147. The Morgan fingerprint density at radius 1 is 0.757 bits per heavy atom. The van der Waals surface area contributed by atoms with Crippen LogP contribution >= 0.6 is 45.3 Å². The summed E-state index contributed by atoms with van der Waals surface area (Å²) in [5.74, 6) is 0.760. The molecule has 2 bridgehead atoms. The van der Waals surface area contributed by atoms with Gasteiger partial charge in [-0.25, -0.2) is 0 Å². The summed E-state index contributed by atoms with van der Waals surface area (Å²) in [5, 5.41) is 8.18. The summed E-state index contributed by atoms with van der Waals surface area (Å²) in [6.07, 6.45) is 6.10. The van der Waals surface area contributed by atoms with Gasteiger partial charge in [-0.3, -0.25) is 9.59 Å². The molecule has 4 heterocycles. The number of ether oxygens (including phenoxy) is 2. The van der Waals surface area contributed by atoms with Crippen molar-refractivity contribution in [3.8, 4) is 19.5 Å². The Morgan fingerprint density at radius 2 is 1.43 bits per heavy atom. The third-order valence-electron chi connectivity index (χ3n) is 7.27. The van der Waals surface area contributed by atoms with Crippen molar-refractivity contribution in [3.05, 3.63) is 81.2 Å². The fraction of sp³-hybridized carbons (Fsp3) is 0.310. The van der Waals surface area contributed by atoms with Gasteiger partial charge in [-0.1, -0.05) is 24.3 Å². The molecule has 4 unspecified atom stereocenters. The highest BCUT2D eigenvalue weighted by molar-refractivity contribution is 7.21. The molecule has 0 spiro atoms. The van der Waals surface area contributed by atoms with Crippen molar-refractivity contribution in [2.75, 3.05) is 13.2 Å². The number of esters is 2. The highest BCUT2D eigenvalue weighted by Gasteiger charge is 2.45. The second kappa shape index (κ2) is 11.1. The van der Waals surface area contributed by atoms with Crippen LogP contribution in [0.1, 0.15) is 17.5 Å². The van der Waals surface area contributed by atoms with Gasteiger partial charge < -0.3 is 9.47 Å². The van der Waals surface area contributed by atoms with Crippen molar-refractivity contribution in [2.45, 2.75) is 19.3 Å². The van der Waals surface area contributed by atoms with E-state index in [0.29, 0.717) is 25.0 Å². The first kappa shape index (κ1) is 24.8. The van der Waals surface area contributed by atoms with E-state index in [1.807, 2.05) is 29.0 Å². The van der Waals surface area contributed by atoms with E-state index < -0.39 is 0 Å². The zero-order valence-corrected chi connectivity index (χ0v) is 23.3. The third-order valence-corrected chi connectivity index (χ3v) is 11.3. The zero-order chi connectivity index (χ0) is 25.2. The number of hydrogen-bond donors (Lipinski definition) is 0. The molecule has 4 atom stereocenters. The Morgan fingerprint density at radius 3 is 2.11 bits per heavy atom. The van der Waals surface area contributed by atoms with Crippen molar-refractivity contribution in [1.82, 2.24) is 0 Å². The average molecular weight is 567 g/mol. The van der Waals surface area contributed by atoms with Crippen LogP contribution in [0.25, 0.3) is 19.5 Å². The Balaban J connectivity index is 1.01. The molecule has 0 aromatic carbocycles. The first-order valence-electron chi connectivity index (χ1n) is 12.3. The molecule has 2 aliphatic rings. The van der Waals surface area contributed by atoms with Gasteiger partial charge in [0.05, 0.1) is 26.1 Å². The van der Waals surface area contributed by atoms with Crippen molar-refractivity contribution in [2.24, 2.45) is 23.7 Å². The van der Waals surface area contributed by atoms with Crippen LogP contribution < -0.4 is 0 Å². The van der Waals surface area contributed by atoms with E-state index in [4.69, 9.17) is 9.47 Å². The van der Waals surface area contributed by atoms with Gasteiger partial charge in [-0.05, 0) is 75.2 Å². The van der Waals surface area contributed by atoms with Crippen molar-refractivity contribution < 1.29 is 19.1 Å². The number of rotatable bonds is 10. The predicted octanol–water partition coefficient (Wildman–Crippen LogP) is 7.58. The predicted molar refractivity (Wildman–Crippen MR) is 152 cm³/mol. The first-order chi connectivity index (χ1) is 18.1. The summed E-state index contributed by atoms with van der Waals surface area (Å²) in [6.45, 7) is 0.751. The molecule has 1 saturated carbocycles. The van der Waals surface area contributed by atoms with Gasteiger partial charge in [0.25, 0.3) is 0 Å². The highest BCUT2D eigenvalue weighted by atomic mass is 32.1. The second-order valence-electron chi connectivity index (χ2n) is 9.54. The molecule has 8 heteroatoms. The molecular weight excluding hydrogens is 541 g/mol. The van der Waals surface area contributed by atoms with Crippen molar-refractivity contribution >= 4 is 57.3 Å². The minimum Gasteiger partial charge on any atom is -0.465 e. The largest absolute Gasteiger partial charge is 0.465 e. The van der Waals surface area contributed by atoms with E-state index in [1.54, 1.807) is 45.3 Å². The lowest BCUT2D eigenvalue weighted by atomic mass is 9.84. The van der Waals surface area contributed by atoms with Crippen LogP contribution in [-0.2, 0) is 31.9 Å². The average Bonchev–Trinajstić information content (AvgIpc) is 3.73. The standard InChI is InChI=1S/C29H26O4S4/c30-27(12-18-11-26(37-17-18)24-3-1-8-34-24)32-15-22-19-5-6-20(13-19)23(22)16-33-28(31)14-21-7-10-36-29(21)25-4-2-9-35-25/h1-11,17,19-20,22-23H,12-16H2. The molecule has 4 aromatic heterocycles. The molecule has 1 fully saturated rings. The number of carbonyl (C=O) groups is 2. The van der Waals surface area contributed by atoms with Gasteiger partial charge in [0.15, 0.2) is 0 Å². The summed E-state index contributed by atoms with van der Waals surface area (Å²) < 4.78 is 11.6. The van der Waals surface area contributed by atoms with Crippen LogP contribution in [-0.4, -0.2) is 25.2 Å². The van der Waals surface area contributed by atoms with Crippen LogP contribution in [0.2, 0.25) is 0 Å². The van der Waals surface area contributed by atoms with E-state index in [0.717, 1.165) is 22.4 Å². The SMILES string of the molecule is O=C(Cc1csc(-c2cccs2)c1)OCC1C2C=CC(C2)C1COC(=O)Cc1ccsc1-c1cccs1. The topological polar surface area (TPSA) is 52.6 Å². The molecule has 0 N–H and O–H groups in total. The Bertz CT molecular complexity index is 1380. The summed E-state index contributed by atoms with van der Waals surface area (Å²) in [7, 11) is 0. The maximum Gasteiger partial charge on any atom is 0.310 e. The van der Waals surface area contributed by atoms with Crippen LogP contribution in [0.5, 0.6) is 0 Å². The molecule has 0 aliphatic heterocycles. The smallest absolute Gasteiger partial charge is 0.310 e. The van der Waals surface area contributed by atoms with Crippen LogP contribution in [0, 0.1) is 23.7 Å². The normalized spacial score (nSPS) is 21.9. The number of hydrogen-bond acceptors (Lipinski definition) is 8. The van der Waals surface area contributed by atoms with Crippen molar-refractivity contribution in [1.29, 1.82) is 0 Å². The number of allylic oxidation sites excluding steroid dienone is 2. The Kier molecular flexibility index (Phi) is 7.42. The zero-order valence-electron chi connectivity index (χ0n) is 20.0. The maximum absolute atomic E-state index is 12.7. The van der Waals surface area contributed by atoms with Gasteiger partial charge in [-0.2, -0.15) is 0 Å². The van der Waals surface area contributed by atoms with Gasteiger partial charge in [0.1, 0.15) is 0 Å². The fourth-order valence-electron chi connectivity index (χ4n) is 5.44. The maximum atomic E-state index is 12.7. The molecule has 6 rings (SSSR count). The number of carbonyl (C=O) groups excluding carboxylic acids is 2. The van der Waals surface area contributed by atoms with Gasteiger partial charge >= 0.3 is 11.9 Å². The summed E-state index contributed by atoms with van der Waals surface area (Å²) >= 11 is 6.70. The highest BCUT2D eigenvalue weighted by Crippen LogP contribution is 2.48. The summed E-state index contributed by atoms with van der Waals surface area (Å²) in [5.41, 5.74) is 2.01. The minimum atomic E-state index is -0.198. The molecule has 2 aliphatic carbocycles. The van der Waals surface area contributed by atoms with E-state index >= 15 is 0 Å². The van der Waals surface area contributed by atoms with E-state index in [1.165, 1.54) is 14.6 Å². The van der Waals surface area contributed by atoms with Crippen LogP contribution in [0.3, 0.4) is 0 Å². The molecule has 0 amide bonds. The molecule has 4 aromatic rings. The molecule has 4 nitrogen and oxygen atoms in total. The lowest BCUT2D eigenvalue weighted by molar-refractivity contribution is -0.149. The third kappa shape index (κ3) is 5.53. The lowest BCUT2D eigenvalue weighted by Crippen LogP contribution is -2.30. The van der Waals surface area contributed by atoms with Gasteiger partial charge in [-0.15, -0.1) is 45.3 Å². The molecule has 0 radical (unpaired) electrons. The van der Waals surface area contributed by atoms with E-state index in [9.17, 15) is 9.59 Å². The monoisotopic (exact) mass is 566 g/mol. The summed E-state index contributed by atoms with van der Waals surface area (Å²) in [6, 6.07) is 12.3. The second-order valence-corrected chi connectivity index (χ2v) is 13.3. The van der Waals surface area contributed by atoms with Crippen molar-refractivity contribution in [3.63, 3.8) is 0 Å². The fourth-order valence-corrected chi connectivity index (χ4v) is 9.03. The molecular formula is C29H26O4S4. The lowest BCUT2D eigenvalue weighted by Gasteiger charge is -2.27. The Labute approximate surface area is 232 Å². The summed E-state index contributed by atoms with van der Waals surface area (Å²) in [4.78, 5) is 30.1. The molecule has 190 valence electrons. The first-order valence-corrected chi connectivity index (χ1v) is 15.9. The van der Waals surface area contributed by atoms with E-state index in [-0.39, 0.29) is 36.6 Å².